The first-order valence-corrected chi connectivity index (χ1v) is 7.28. The summed E-state index contributed by atoms with van der Waals surface area (Å²) in [5.41, 5.74) is -0.505. The molecule has 100 valence electrons. The molecular formula is C13H23BrO3. The standard InChI is InChI=1S/C13H23BrO3/c1-13(2,3)17-12(16)10(14)11(15)9-7-5-4-6-8-9/h9-11,15H,4-8H2,1-3H3/t10-,11-/m0/s1. The molecule has 4 heteroatoms. The molecule has 0 unspecified atom stereocenters. The number of hydrogen-bond donors (Lipinski definition) is 1. The van der Waals surface area contributed by atoms with E-state index in [0.717, 1.165) is 25.7 Å². The molecule has 1 aliphatic rings. The minimum atomic E-state index is -0.634. The van der Waals surface area contributed by atoms with E-state index in [1.54, 1.807) is 0 Å². The average molecular weight is 307 g/mol. The summed E-state index contributed by atoms with van der Waals surface area (Å²) < 4.78 is 5.27. The molecule has 1 saturated carbocycles. The topological polar surface area (TPSA) is 46.5 Å². The largest absolute Gasteiger partial charge is 0.459 e. The van der Waals surface area contributed by atoms with Crippen molar-refractivity contribution < 1.29 is 14.6 Å². The van der Waals surface area contributed by atoms with Gasteiger partial charge in [0.2, 0.25) is 0 Å². The van der Waals surface area contributed by atoms with Crippen LogP contribution in [-0.2, 0) is 9.53 Å². The van der Waals surface area contributed by atoms with Crippen LogP contribution >= 0.6 is 15.9 Å². The third kappa shape index (κ3) is 4.96. The van der Waals surface area contributed by atoms with Gasteiger partial charge in [0, 0.05) is 0 Å². The minimum absolute atomic E-state index is 0.223. The summed E-state index contributed by atoms with van der Waals surface area (Å²) in [6, 6.07) is 0. The number of alkyl halides is 1. The van der Waals surface area contributed by atoms with Crippen molar-refractivity contribution in [1.29, 1.82) is 0 Å². The third-order valence-electron chi connectivity index (χ3n) is 3.06. The molecule has 17 heavy (non-hydrogen) atoms. The monoisotopic (exact) mass is 306 g/mol. The van der Waals surface area contributed by atoms with Crippen LogP contribution < -0.4 is 0 Å². The van der Waals surface area contributed by atoms with E-state index in [-0.39, 0.29) is 11.9 Å². The summed E-state index contributed by atoms with van der Waals surface area (Å²) in [6.45, 7) is 5.49. The number of aliphatic hydroxyl groups is 1. The summed E-state index contributed by atoms with van der Waals surface area (Å²) in [6.07, 6.45) is 4.91. The minimum Gasteiger partial charge on any atom is -0.459 e. The van der Waals surface area contributed by atoms with Crippen LogP contribution in [0.2, 0.25) is 0 Å². The van der Waals surface area contributed by atoms with Gasteiger partial charge in [0.05, 0.1) is 6.10 Å². The van der Waals surface area contributed by atoms with Crippen LogP contribution in [0.1, 0.15) is 52.9 Å². The Bertz CT molecular complexity index is 254. The van der Waals surface area contributed by atoms with Gasteiger partial charge in [0.15, 0.2) is 0 Å². The highest BCUT2D eigenvalue weighted by atomic mass is 79.9. The summed E-state index contributed by atoms with van der Waals surface area (Å²) in [5, 5.41) is 10.2. The van der Waals surface area contributed by atoms with Gasteiger partial charge >= 0.3 is 5.97 Å². The number of carbonyl (C=O) groups excluding carboxylic acids is 1. The number of rotatable bonds is 3. The van der Waals surface area contributed by atoms with Crippen LogP contribution in [0.5, 0.6) is 0 Å². The molecule has 0 spiro atoms. The molecule has 3 nitrogen and oxygen atoms in total. The summed E-state index contributed by atoms with van der Waals surface area (Å²) in [5.74, 6) is -0.142. The molecule has 0 radical (unpaired) electrons. The molecule has 0 aliphatic heterocycles. The first-order chi connectivity index (χ1) is 7.81. The van der Waals surface area contributed by atoms with Crippen molar-refractivity contribution in [2.24, 2.45) is 5.92 Å². The Balaban J connectivity index is 2.50. The second-order valence-electron chi connectivity index (χ2n) is 5.82. The summed E-state index contributed by atoms with van der Waals surface area (Å²) in [4.78, 5) is 11.2. The van der Waals surface area contributed by atoms with E-state index in [9.17, 15) is 9.90 Å². The quantitative estimate of drug-likeness (QED) is 0.644. The highest BCUT2D eigenvalue weighted by molar-refractivity contribution is 9.10. The molecule has 1 aliphatic carbocycles. The third-order valence-corrected chi connectivity index (χ3v) is 3.98. The highest BCUT2D eigenvalue weighted by Crippen LogP contribution is 2.30. The van der Waals surface area contributed by atoms with Gasteiger partial charge in [-0.25, -0.2) is 0 Å². The number of aliphatic hydroxyl groups excluding tert-OH is 1. The van der Waals surface area contributed by atoms with Crippen LogP contribution in [0.3, 0.4) is 0 Å². The van der Waals surface area contributed by atoms with Crippen LogP contribution in [0.15, 0.2) is 0 Å². The fourth-order valence-electron chi connectivity index (χ4n) is 2.21. The number of hydrogen-bond acceptors (Lipinski definition) is 3. The second kappa shape index (κ2) is 6.19. The van der Waals surface area contributed by atoms with Gasteiger partial charge in [0.25, 0.3) is 0 Å². The molecule has 0 aromatic rings. The van der Waals surface area contributed by atoms with Crippen molar-refractivity contribution >= 4 is 21.9 Å². The van der Waals surface area contributed by atoms with Crippen molar-refractivity contribution in [1.82, 2.24) is 0 Å². The van der Waals surface area contributed by atoms with E-state index in [0.29, 0.717) is 0 Å². The molecule has 0 amide bonds. The first-order valence-electron chi connectivity index (χ1n) is 6.36. The lowest BCUT2D eigenvalue weighted by atomic mass is 9.84. The Morgan fingerprint density at radius 3 is 2.29 bits per heavy atom. The predicted molar refractivity (Wildman–Crippen MR) is 71.1 cm³/mol. The van der Waals surface area contributed by atoms with Crippen molar-refractivity contribution in [3.05, 3.63) is 0 Å². The van der Waals surface area contributed by atoms with Gasteiger partial charge in [-0.05, 0) is 39.5 Å². The number of halogens is 1. The molecule has 1 fully saturated rings. The fourth-order valence-corrected chi connectivity index (χ4v) is 2.74. The molecule has 0 heterocycles. The molecule has 0 aromatic heterocycles. The maximum absolute atomic E-state index is 11.8. The Morgan fingerprint density at radius 2 is 1.82 bits per heavy atom. The molecular weight excluding hydrogens is 284 g/mol. The fraction of sp³-hybridized carbons (Fsp3) is 0.923. The first kappa shape index (κ1) is 15.0. The molecule has 2 atom stereocenters. The lowest BCUT2D eigenvalue weighted by Gasteiger charge is -2.30. The zero-order chi connectivity index (χ0) is 13.1. The number of ether oxygens (including phenoxy) is 1. The van der Waals surface area contributed by atoms with Crippen LogP contribution in [0, 0.1) is 5.92 Å². The van der Waals surface area contributed by atoms with Crippen molar-refractivity contribution in [2.45, 2.75) is 69.4 Å². The van der Waals surface area contributed by atoms with Crippen molar-refractivity contribution in [3.63, 3.8) is 0 Å². The average Bonchev–Trinajstić information content (AvgIpc) is 2.26. The molecule has 0 aromatic carbocycles. The maximum atomic E-state index is 11.8. The highest BCUT2D eigenvalue weighted by Gasteiger charge is 2.34. The summed E-state index contributed by atoms with van der Waals surface area (Å²) in [7, 11) is 0. The number of carbonyl (C=O) groups is 1. The molecule has 1 rings (SSSR count). The van der Waals surface area contributed by atoms with E-state index < -0.39 is 16.5 Å². The maximum Gasteiger partial charge on any atom is 0.322 e. The molecule has 1 N–H and O–H groups in total. The Kier molecular flexibility index (Phi) is 5.45. The Hall–Kier alpha value is -0.0900. The van der Waals surface area contributed by atoms with E-state index in [1.807, 2.05) is 20.8 Å². The molecule has 0 bridgehead atoms. The Morgan fingerprint density at radius 1 is 1.29 bits per heavy atom. The van der Waals surface area contributed by atoms with E-state index in [4.69, 9.17) is 4.74 Å². The second-order valence-corrected chi connectivity index (χ2v) is 6.81. The lowest BCUT2D eigenvalue weighted by Crippen LogP contribution is -2.39. The number of esters is 1. The zero-order valence-corrected chi connectivity index (χ0v) is 12.5. The van der Waals surface area contributed by atoms with Crippen LogP contribution in [-0.4, -0.2) is 27.6 Å². The van der Waals surface area contributed by atoms with E-state index >= 15 is 0 Å². The smallest absolute Gasteiger partial charge is 0.322 e. The van der Waals surface area contributed by atoms with Gasteiger partial charge in [-0.15, -0.1) is 0 Å². The Labute approximate surface area is 112 Å². The van der Waals surface area contributed by atoms with Gasteiger partial charge in [-0.3, -0.25) is 4.79 Å². The van der Waals surface area contributed by atoms with Gasteiger partial charge in [-0.1, -0.05) is 35.2 Å². The van der Waals surface area contributed by atoms with E-state index in [1.165, 1.54) is 6.42 Å². The normalized spacial score (nSPS) is 21.9. The molecule has 0 saturated heterocycles. The SMILES string of the molecule is CC(C)(C)OC(=O)[C@@H](Br)[C@@H](O)C1CCCCC1. The van der Waals surface area contributed by atoms with Gasteiger partial charge < -0.3 is 9.84 Å². The predicted octanol–water partition coefficient (Wildman–Crippen LogP) is 3.03. The van der Waals surface area contributed by atoms with Gasteiger partial charge in [-0.2, -0.15) is 0 Å². The van der Waals surface area contributed by atoms with Crippen LogP contribution in [0.4, 0.5) is 0 Å². The zero-order valence-electron chi connectivity index (χ0n) is 10.9. The van der Waals surface area contributed by atoms with Crippen molar-refractivity contribution in [2.75, 3.05) is 0 Å². The van der Waals surface area contributed by atoms with Crippen molar-refractivity contribution in [3.8, 4) is 0 Å². The van der Waals surface area contributed by atoms with Gasteiger partial charge in [0.1, 0.15) is 10.4 Å². The lowest BCUT2D eigenvalue weighted by molar-refractivity contribution is -0.156. The van der Waals surface area contributed by atoms with E-state index in [2.05, 4.69) is 15.9 Å². The van der Waals surface area contributed by atoms with Crippen LogP contribution in [0.25, 0.3) is 0 Å². The summed E-state index contributed by atoms with van der Waals surface area (Å²) >= 11 is 3.27.